The van der Waals surface area contributed by atoms with Crippen molar-refractivity contribution in [3.8, 4) is 6.07 Å². The zero-order chi connectivity index (χ0) is 11.8. The SMILES string of the molecule is Cc1nsc(NC2CCS(=O)(=O)C2)c1C#N. The van der Waals surface area contributed by atoms with Crippen LogP contribution in [0.2, 0.25) is 0 Å². The molecule has 0 saturated carbocycles. The predicted octanol–water partition coefficient (Wildman–Crippen LogP) is 0.922. The third-order valence-corrected chi connectivity index (χ3v) is 5.18. The fourth-order valence-corrected chi connectivity index (χ4v) is 4.19. The molecular weight excluding hydrogens is 246 g/mol. The number of hydrogen-bond donors (Lipinski definition) is 1. The second-order valence-corrected chi connectivity index (χ2v) is 6.83. The van der Waals surface area contributed by atoms with Crippen LogP contribution in [-0.2, 0) is 9.84 Å². The maximum Gasteiger partial charge on any atom is 0.152 e. The number of nitriles is 1. The summed E-state index contributed by atoms with van der Waals surface area (Å²) in [4.78, 5) is 0. The van der Waals surface area contributed by atoms with Crippen molar-refractivity contribution in [3.05, 3.63) is 11.3 Å². The molecular formula is C9H11N3O2S2. The lowest BCUT2D eigenvalue weighted by molar-refractivity contribution is 0.602. The van der Waals surface area contributed by atoms with Crippen LogP contribution < -0.4 is 5.32 Å². The molecule has 1 N–H and O–H groups in total. The van der Waals surface area contributed by atoms with Crippen molar-refractivity contribution in [2.24, 2.45) is 0 Å². The molecule has 0 radical (unpaired) electrons. The highest BCUT2D eigenvalue weighted by atomic mass is 32.2. The summed E-state index contributed by atoms with van der Waals surface area (Å²) >= 11 is 1.21. The van der Waals surface area contributed by atoms with Crippen LogP contribution >= 0.6 is 11.5 Å². The van der Waals surface area contributed by atoms with Crippen LogP contribution in [0.25, 0.3) is 0 Å². The molecule has 1 aromatic heterocycles. The maximum atomic E-state index is 11.3. The topological polar surface area (TPSA) is 82.8 Å². The molecule has 5 nitrogen and oxygen atoms in total. The van der Waals surface area contributed by atoms with Gasteiger partial charge in [0.1, 0.15) is 16.6 Å². The van der Waals surface area contributed by atoms with Gasteiger partial charge in [-0.1, -0.05) is 0 Å². The Kier molecular flexibility index (Phi) is 2.86. The molecule has 1 saturated heterocycles. The first-order valence-corrected chi connectivity index (χ1v) is 7.44. The Hall–Kier alpha value is -1.13. The number of rotatable bonds is 2. The molecule has 1 aliphatic rings. The van der Waals surface area contributed by atoms with E-state index in [1.165, 1.54) is 11.5 Å². The van der Waals surface area contributed by atoms with Gasteiger partial charge in [0.05, 0.1) is 17.2 Å². The highest BCUT2D eigenvalue weighted by Gasteiger charge is 2.28. The Morgan fingerprint density at radius 2 is 2.38 bits per heavy atom. The molecule has 1 fully saturated rings. The Morgan fingerprint density at radius 1 is 1.62 bits per heavy atom. The molecule has 0 spiro atoms. The first-order valence-electron chi connectivity index (χ1n) is 4.85. The van der Waals surface area contributed by atoms with Gasteiger partial charge in [-0.15, -0.1) is 0 Å². The van der Waals surface area contributed by atoms with E-state index in [1.807, 2.05) is 0 Å². The molecule has 7 heteroatoms. The van der Waals surface area contributed by atoms with E-state index in [2.05, 4.69) is 15.8 Å². The molecule has 1 aliphatic heterocycles. The average Bonchev–Trinajstić information content (AvgIpc) is 2.71. The van der Waals surface area contributed by atoms with Gasteiger partial charge in [0.25, 0.3) is 0 Å². The maximum absolute atomic E-state index is 11.3. The predicted molar refractivity (Wildman–Crippen MR) is 62.2 cm³/mol. The lowest BCUT2D eigenvalue weighted by atomic mass is 10.2. The summed E-state index contributed by atoms with van der Waals surface area (Å²) < 4.78 is 26.6. The Bertz CT molecular complexity index is 542. The zero-order valence-electron chi connectivity index (χ0n) is 8.73. The summed E-state index contributed by atoms with van der Waals surface area (Å²) in [5.41, 5.74) is 1.21. The van der Waals surface area contributed by atoms with Gasteiger partial charge in [-0.2, -0.15) is 9.64 Å². The van der Waals surface area contributed by atoms with E-state index in [-0.39, 0.29) is 17.5 Å². The highest BCUT2D eigenvalue weighted by molar-refractivity contribution is 7.91. The first kappa shape index (κ1) is 11.4. The molecule has 86 valence electrons. The van der Waals surface area contributed by atoms with Crippen molar-refractivity contribution >= 4 is 26.4 Å². The molecule has 1 atom stereocenters. The molecule has 0 aromatic carbocycles. The monoisotopic (exact) mass is 257 g/mol. The van der Waals surface area contributed by atoms with Crippen molar-refractivity contribution in [3.63, 3.8) is 0 Å². The fourth-order valence-electron chi connectivity index (χ4n) is 1.69. The quantitative estimate of drug-likeness (QED) is 0.852. The average molecular weight is 257 g/mol. The minimum absolute atomic E-state index is 0.0862. The summed E-state index contributed by atoms with van der Waals surface area (Å²) in [5, 5.41) is 12.7. The lowest BCUT2D eigenvalue weighted by Gasteiger charge is -2.09. The van der Waals surface area contributed by atoms with E-state index in [0.717, 1.165) is 0 Å². The minimum Gasteiger partial charge on any atom is -0.371 e. The van der Waals surface area contributed by atoms with E-state index >= 15 is 0 Å². The Morgan fingerprint density at radius 3 is 2.94 bits per heavy atom. The molecule has 1 unspecified atom stereocenters. The summed E-state index contributed by atoms with van der Waals surface area (Å²) in [5.74, 6) is 0.374. The van der Waals surface area contributed by atoms with Crippen LogP contribution in [0.5, 0.6) is 0 Å². The molecule has 0 bridgehead atoms. The van der Waals surface area contributed by atoms with Crippen molar-refractivity contribution < 1.29 is 8.42 Å². The lowest BCUT2D eigenvalue weighted by Crippen LogP contribution is -2.20. The minimum atomic E-state index is -2.89. The van der Waals surface area contributed by atoms with Gasteiger partial charge in [-0.05, 0) is 24.9 Å². The summed E-state index contributed by atoms with van der Waals surface area (Å²) in [6, 6.07) is 1.99. The van der Waals surface area contributed by atoms with Crippen LogP contribution in [-0.4, -0.2) is 30.3 Å². The van der Waals surface area contributed by atoms with Gasteiger partial charge >= 0.3 is 0 Å². The van der Waals surface area contributed by atoms with Crippen molar-refractivity contribution in [1.29, 1.82) is 5.26 Å². The van der Waals surface area contributed by atoms with Crippen LogP contribution in [0.1, 0.15) is 17.7 Å². The first-order chi connectivity index (χ1) is 7.52. The number of hydrogen-bond acceptors (Lipinski definition) is 6. The second-order valence-electron chi connectivity index (χ2n) is 3.83. The number of sulfone groups is 1. The normalized spacial score (nSPS) is 22.9. The summed E-state index contributed by atoms with van der Waals surface area (Å²) in [6.07, 6.45) is 0.601. The van der Waals surface area contributed by atoms with E-state index in [0.29, 0.717) is 22.7 Å². The molecule has 2 heterocycles. The number of aromatic nitrogens is 1. The van der Waals surface area contributed by atoms with Crippen molar-refractivity contribution in [1.82, 2.24) is 4.37 Å². The van der Waals surface area contributed by atoms with Crippen molar-refractivity contribution in [2.45, 2.75) is 19.4 Å². The van der Waals surface area contributed by atoms with Gasteiger partial charge < -0.3 is 5.32 Å². The van der Waals surface area contributed by atoms with Crippen LogP contribution in [0.15, 0.2) is 0 Å². The molecule has 2 rings (SSSR count). The number of anilines is 1. The smallest absolute Gasteiger partial charge is 0.152 e. The molecule has 0 amide bonds. The Labute approximate surface area is 98.2 Å². The van der Waals surface area contributed by atoms with E-state index < -0.39 is 9.84 Å². The summed E-state index contributed by atoms with van der Waals surface area (Å²) in [6.45, 7) is 1.77. The second kappa shape index (κ2) is 4.03. The third-order valence-electron chi connectivity index (χ3n) is 2.54. The van der Waals surface area contributed by atoms with Crippen LogP contribution in [0.4, 0.5) is 5.00 Å². The van der Waals surface area contributed by atoms with E-state index in [4.69, 9.17) is 5.26 Å². The van der Waals surface area contributed by atoms with Crippen LogP contribution in [0.3, 0.4) is 0 Å². The molecule has 16 heavy (non-hydrogen) atoms. The van der Waals surface area contributed by atoms with Crippen LogP contribution in [0, 0.1) is 18.3 Å². The van der Waals surface area contributed by atoms with Gasteiger partial charge in [-0.25, -0.2) is 8.42 Å². The largest absolute Gasteiger partial charge is 0.371 e. The van der Waals surface area contributed by atoms with E-state index in [9.17, 15) is 8.42 Å². The van der Waals surface area contributed by atoms with Gasteiger partial charge in [0.15, 0.2) is 9.84 Å². The van der Waals surface area contributed by atoms with Gasteiger partial charge in [0, 0.05) is 6.04 Å². The number of nitrogens with zero attached hydrogens (tertiary/aromatic N) is 2. The van der Waals surface area contributed by atoms with Gasteiger partial charge in [-0.3, -0.25) is 0 Å². The van der Waals surface area contributed by atoms with Gasteiger partial charge in [0.2, 0.25) is 0 Å². The molecule has 1 aromatic rings. The third kappa shape index (κ3) is 2.18. The zero-order valence-corrected chi connectivity index (χ0v) is 10.4. The standard InChI is InChI=1S/C9H11N3O2S2/c1-6-8(4-10)9(15-12-6)11-7-2-3-16(13,14)5-7/h7,11H,2-3,5H2,1H3. The molecule has 0 aliphatic carbocycles. The fraction of sp³-hybridized carbons (Fsp3) is 0.556. The number of aryl methyl sites for hydroxylation is 1. The van der Waals surface area contributed by atoms with Crippen molar-refractivity contribution in [2.75, 3.05) is 16.8 Å². The highest BCUT2D eigenvalue weighted by Crippen LogP contribution is 2.26. The van der Waals surface area contributed by atoms with E-state index in [1.54, 1.807) is 6.92 Å². The summed E-state index contributed by atoms with van der Waals surface area (Å²) in [7, 11) is -2.89. The Balaban J connectivity index is 2.14. The number of nitrogens with one attached hydrogen (secondary N) is 1.